The minimum absolute atomic E-state index is 0.0797. The van der Waals surface area contributed by atoms with Gasteiger partial charge in [-0.25, -0.2) is 0 Å². The minimum atomic E-state index is -0.0797. The Morgan fingerprint density at radius 3 is 2.57 bits per heavy atom. The number of ether oxygens (including phenoxy) is 1. The summed E-state index contributed by atoms with van der Waals surface area (Å²) in [5.41, 5.74) is 2.01. The SMILES string of the molecule is CCCCC1SC(=NN=Cc2ccccc2)N(Cc2ccc(OC)cc2)C1=O. The van der Waals surface area contributed by atoms with Crippen molar-refractivity contribution < 1.29 is 9.53 Å². The van der Waals surface area contributed by atoms with Gasteiger partial charge < -0.3 is 4.74 Å². The molecule has 2 aromatic carbocycles. The number of benzene rings is 2. The van der Waals surface area contributed by atoms with Gasteiger partial charge in [0.25, 0.3) is 0 Å². The van der Waals surface area contributed by atoms with Crippen LogP contribution < -0.4 is 4.74 Å². The minimum Gasteiger partial charge on any atom is -0.497 e. The van der Waals surface area contributed by atoms with Crippen LogP contribution in [0.3, 0.4) is 0 Å². The summed E-state index contributed by atoms with van der Waals surface area (Å²) in [6.45, 7) is 2.62. The van der Waals surface area contributed by atoms with Crippen molar-refractivity contribution in [3.63, 3.8) is 0 Å². The summed E-state index contributed by atoms with van der Waals surface area (Å²) in [6.07, 6.45) is 4.67. The molecule has 0 saturated carbocycles. The van der Waals surface area contributed by atoms with E-state index in [0.29, 0.717) is 11.7 Å². The molecule has 0 spiro atoms. The maximum atomic E-state index is 12.9. The van der Waals surface area contributed by atoms with Crippen molar-refractivity contribution in [3.8, 4) is 5.75 Å². The van der Waals surface area contributed by atoms with Gasteiger partial charge in [0.15, 0.2) is 5.17 Å². The largest absolute Gasteiger partial charge is 0.497 e. The molecule has 5 nitrogen and oxygen atoms in total. The quantitative estimate of drug-likeness (QED) is 0.480. The Morgan fingerprint density at radius 1 is 1.14 bits per heavy atom. The Kier molecular flexibility index (Phi) is 7.25. The average Bonchev–Trinajstić information content (AvgIpc) is 3.02. The topological polar surface area (TPSA) is 54.3 Å². The summed E-state index contributed by atoms with van der Waals surface area (Å²) in [5.74, 6) is 0.913. The maximum absolute atomic E-state index is 12.9. The smallest absolute Gasteiger partial charge is 0.242 e. The fourth-order valence-electron chi connectivity index (χ4n) is 2.90. The number of carbonyl (C=O) groups excluding carboxylic acids is 1. The van der Waals surface area contributed by atoms with Crippen LogP contribution in [0.15, 0.2) is 64.8 Å². The number of thioether (sulfide) groups is 1. The lowest BCUT2D eigenvalue weighted by Crippen LogP contribution is -2.31. The van der Waals surface area contributed by atoms with E-state index in [2.05, 4.69) is 17.1 Å². The van der Waals surface area contributed by atoms with Crippen LogP contribution in [0, 0.1) is 0 Å². The van der Waals surface area contributed by atoms with Gasteiger partial charge in [-0.3, -0.25) is 9.69 Å². The standard InChI is InChI=1S/C22H25N3O2S/c1-3-4-10-20-21(26)25(16-18-11-13-19(27-2)14-12-18)22(28-20)24-23-15-17-8-6-5-7-9-17/h5-9,11-15,20H,3-4,10,16H2,1-2H3. The van der Waals surface area contributed by atoms with E-state index in [0.717, 1.165) is 36.1 Å². The molecule has 1 amide bonds. The molecule has 1 heterocycles. The van der Waals surface area contributed by atoms with E-state index in [9.17, 15) is 4.79 Å². The van der Waals surface area contributed by atoms with Gasteiger partial charge in [-0.15, -0.1) is 5.10 Å². The fraction of sp³-hybridized carbons (Fsp3) is 0.318. The van der Waals surface area contributed by atoms with Crippen LogP contribution in [-0.4, -0.2) is 34.5 Å². The van der Waals surface area contributed by atoms with Crippen LogP contribution in [0.1, 0.15) is 37.3 Å². The van der Waals surface area contributed by atoms with Gasteiger partial charge in [-0.2, -0.15) is 5.10 Å². The van der Waals surface area contributed by atoms with E-state index >= 15 is 0 Å². The molecule has 1 aliphatic heterocycles. The van der Waals surface area contributed by atoms with Crippen molar-refractivity contribution in [2.75, 3.05) is 7.11 Å². The summed E-state index contributed by atoms with van der Waals surface area (Å²) >= 11 is 1.52. The predicted molar refractivity (Wildman–Crippen MR) is 116 cm³/mol. The van der Waals surface area contributed by atoms with Gasteiger partial charge in [0.1, 0.15) is 5.75 Å². The van der Waals surface area contributed by atoms with Gasteiger partial charge in [0.05, 0.1) is 25.1 Å². The van der Waals surface area contributed by atoms with Crippen LogP contribution in [-0.2, 0) is 11.3 Å². The van der Waals surface area contributed by atoms with E-state index in [1.807, 2.05) is 54.6 Å². The summed E-state index contributed by atoms with van der Waals surface area (Å²) in [5, 5.41) is 9.17. The first-order valence-corrected chi connectivity index (χ1v) is 10.4. The molecule has 28 heavy (non-hydrogen) atoms. The van der Waals surface area contributed by atoms with E-state index in [4.69, 9.17) is 4.74 Å². The molecular formula is C22H25N3O2S. The fourth-order valence-corrected chi connectivity index (χ4v) is 4.05. The highest BCUT2D eigenvalue weighted by Crippen LogP contribution is 2.32. The summed E-state index contributed by atoms with van der Waals surface area (Å²) in [7, 11) is 1.64. The lowest BCUT2D eigenvalue weighted by molar-refractivity contribution is -0.126. The molecule has 0 bridgehead atoms. The Balaban J connectivity index is 1.78. The molecule has 1 fully saturated rings. The summed E-state index contributed by atoms with van der Waals surface area (Å²) in [4.78, 5) is 14.7. The summed E-state index contributed by atoms with van der Waals surface area (Å²) < 4.78 is 5.21. The number of methoxy groups -OCH3 is 1. The van der Waals surface area contributed by atoms with Crippen LogP contribution in [0.4, 0.5) is 0 Å². The summed E-state index contributed by atoms with van der Waals surface area (Å²) in [6, 6.07) is 17.6. The van der Waals surface area contributed by atoms with E-state index < -0.39 is 0 Å². The Bertz CT molecular complexity index is 835. The first-order valence-electron chi connectivity index (χ1n) is 9.48. The van der Waals surface area contributed by atoms with Crippen LogP contribution in [0.5, 0.6) is 5.75 Å². The molecule has 146 valence electrons. The third-order valence-electron chi connectivity index (χ3n) is 4.49. The molecule has 1 atom stereocenters. The Hall–Kier alpha value is -2.60. The highest BCUT2D eigenvalue weighted by molar-refractivity contribution is 8.15. The Labute approximate surface area is 170 Å². The number of nitrogens with zero attached hydrogens (tertiary/aromatic N) is 3. The molecule has 0 radical (unpaired) electrons. The number of hydrogen-bond acceptors (Lipinski definition) is 5. The monoisotopic (exact) mass is 395 g/mol. The normalized spacial score (nSPS) is 18.4. The second kappa shape index (κ2) is 10.1. The first kappa shape index (κ1) is 20.1. The van der Waals surface area contributed by atoms with E-state index in [-0.39, 0.29) is 11.2 Å². The first-order chi connectivity index (χ1) is 13.7. The molecule has 2 aromatic rings. The predicted octanol–water partition coefficient (Wildman–Crippen LogP) is 4.72. The Morgan fingerprint density at radius 2 is 1.89 bits per heavy atom. The van der Waals surface area contributed by atoms with Gasteiger partial charge in [0.2, 0.25) is 5.91 Å². The molecule has 3 rings (SSSR count). The highest BCUT2D eigenvalue weighted by atomic mass is 32.2. The third kappa shape index (κ3) is 5.23. The van der Waals surface area contributed by atoms with E-state index in [1.54, 1.807) is 18.2 Å². The van der Waals surface area contributed by atoms with Crippen molar-refractivity contribution in [2.45, 2.75) is 38.0 Å². The van der Waals surface area contributed by atoms with Gasteiger partial charge in [0, 0.05) is 0 Å². The number of unbranched alkanes of at least 4 members (excludes halogenated alkanes) is 1. The number of hydrogen-bond donors (Lipinski definition) is 0. The van der Waals surface area contributed by atoms with Gasteiger partial charge in [-0.1, -0.05) is 74.0 Å². The lowest BCUT2D eigenvalue weighted by atomic mass is 10.1. The van der Waals surface area contributed by atoms with Crippen molar-refractivity contribution in [1.29, 1.82) is 0 Å². The van der Waals surface area contributed by atoms with Crippen molar-refractivity contribution in [1.82, 2.24) is 4.90 Å². The molecule has 1 saturated heterocycles. The second-order valence-electron chi connectivity index (χ2n) is 6.56. The lowest BCUT2D eigenvalue weighted by Gasteiger charge is -2.16. The molecule has 0 aliphatic carbocycles. The van der Waals surface area contributed by atoms with Crippen molar-refractivity contribution in [3.05, 3.63) is 65.7 Å². The molecule has 1 aliphatic rings. The zero-order chi connectivity index (χ0) is 19.8. The number of rotatable bonds is 8. The van der Waals surface area contributed by atoms with Crippen LogP contribution >= 0.6 is 11.8 Å². The van der Waals surface area contributed by atoms with Crippen molar-refractivity contribution in [2.24, 2.45) is 10.2 Å². The van der Waals surface area contributed by atoms with Crippen LogP contribution in [0.2, 0.25) is 0 Å². The third-order valence-corrected chi connectivity index (χ3v) is 5.72. The van der Waals surface area contributed by atoms with E-state index in [1.165, 1.54) is 11.8 Å². The number of amides is 1. The average molecular weight is 396 g/mol. The van der Waals surface area contributed by atoms with Crippen LogP contribution in [0.25, 0.3) is 0 Å². The molecule has 0 N–H and O–H groups in total. The number of amidine groups is 1. The van der Waals surface area contributed by atoms with Gasteiger partial charge in [-0.05, 0) is 29.7 Å². The zero-order valence-corrected chi connectivity index (χ0v) is 17.1. The second-order valence-corrected chi connectivity index (χ2v) is 7.73. The number of carbonyl (C=O) groups is 1. The molecule has 0 aromatic heterocycles. The maximum Gasteiger partial charge on any atom is 0.242 e. The highest BCUT2D eigenvalue weighted by Gasteiger charge is 2.37. The van der Waals surface area contributed by atoms with Crippen molar-refractivity contribution >= 4 is 29.1 Å². The molecular weight excluding hydrogens is 370 g/mol. The van der Waals surface area contributed by atoms with Gasteiger partial charge >= 0.3 is 0 Å². The zero-order valence-electron chi connectivity index (χ0n) is 16.2. The molecule has 1 unspecified atom stereocenters. The molecule has 6 heteroatoms.